The molecule has 1 saturated carbocycles. The molecule has 3 atom stereocenters. The lowest BCUT2D eigenvalue weighted by Crippen LogP contribution is -2.51. The van der Waals surface area contributed by atoms with Gasteiger partial charge in [-0.1, -0.05) is 12.8 Å². The van der Waals surface area contributed by atoms with Crippen LogP contribution < -0.4 is 5.32 Å². The van der Waals surface area contributed by atoms with E-state index in [9.17, 15) is 0 Å². The fourth-order valence-electron chi connectivity index (χ4n) is 4.24. The Hall–Kier alpha value is -0.120. The van der Waals surface area contributed by atoms with Crippen molar-refractivity contribution in [2.75, 3.05) is 19.6 Å². The number of nitrogens with one attached hydrogen (secondary N) is 1. The second-order valence-electron chi connectivity index (χ2n) is 7.13. The van der Waals surface area contributed by atoms with Crippen LogP contribution in [0.15, 0.2) is 0 Å². The standard InChI is InChI=1S/C16H30N2O/c1-13-7-10-17-16(8-3-4-9-16)12-18(13)11-15-6-5-14(2)19-15/h13-15,17H,3-12H2,1-2H3. The van der Waals surface area contributed by atoms with Gasteiger partial charge in [0.2, 0.25) is 0 Å². The fourth-order valence-corrected chi connectivity index (χ4v) is 4.24. The number of hydrogen-bond donors (Lipinski definition) is 1. The Bertz CT molecular complexity index is 301. The summed E-state index contributed by atoms with van der Waals surface area (Å²) in [6.07, 6.45) is 10.3. The summed E-state index contributed by atoms with van der Waals surface area (Å²) < 4.78 is 6.04. The fraction of sp³-hybridized carbons (Fsp3) is 1.00. The molecule has 19 heavy (non-hydrogen) atoms. The van der Waals surface area contributed by atoms with E-state index < -0.39 is 0 Å². The van der Waals surface area contributed by atoms with Gasteiger partial charge < -0.3 is 10.1 Å². The van der Waals surface area contributed by atoms with Crippen LogP contribution in [-0.4, -0.2) is 48.3 Å². The van der Waals surface area contributed by atoms with Gasteiger partial charge in [-0.05, 0) is 52.5 Å². The monoisotopic (exact) mass is 266 g/mol. The Morgan fingerprint density at radius 3 is 2.63 bits per heavy atom. The highest BCUT2D eigenvalue weighted by Gasteiger charge is 2.39. The molecule has 1 spiro atoms. The molecule has 1 N–H and O–H groups in total. The molecule has 3 unspecified atom stereocenters. The molecule has 3 aliphatic rings. The van der Waals surface area contributed by atoms with E-state index in [0.717, 1.165) is 6.54 Å². The van der Waals surface area contributed by atoms with E-state index in [2.05, 4.69) is 24.1 Å². The van der Waals surface area contributed by atoms with Crippen molar-refractivity contribution in [3.05, 3.63) is 0 Å². The van der Waals surface area contributed by atoms with Gasteiger partial charge in [0.25, 0.3) is 0 Å². The molecule has 3 rings (SSSR count). The third-order valence-electron chi connectivity index (χ3n) is 5.51. The van der Waals surface area contributed by atoms with Crippen molar-refractivity contribution in [2.24, 2.45) is 0 Å². The number of nitrogens with zero attached hydrogens (tertiary/aromatic N) is 1. The molecule has 0 aromatic heterocycles. The number of rotatable bonds is 2. The van der Waals surface area contributed by atoms with Crippen molar-refractivity contribution in [1.29, 1.82) is 0 Å². The molecule has 0 aromatic rings. The molecule has 110 valence electrons. The highest BCUT2D eigenvalue weighted by atomic mass is 16.5. The van der Waals surface area contributed by atoms with Gasteiger partial charge in [0.1, 0.15) is 0 Å². The molecular formula is C16H30N2O. The first-order valence-corrected chi connectivity index (χ1v) is 8.31. The van der Waals surface area contributed by atoms with Crippen LogP contribution in [0.4, 0.5) is 0 Å². The maximum atomic E-state index is 6.04. The van der Waals surface area contributed by atoms with Crippen LogP contribution in [0.1, 0.15) is 58.8 Å². The van der Waals surface area contributed by atoms with Gasteiger partial charge in [-0.25, -0.2) is 0 Å². The lowest BCUT2D eigenvalue weighted by atomic mass is 9.96. The van der Waals surface area contributed by atoms with Crippen molar-refractivity contribution in [1.82, 2.24) is 10.2 Å². The third-order valence-corrected chi connectivity index (χ3v) is 5.51. The molecule has 1 aliphatic carbocycles. The zero-order valence-corrected chi connectivity index (χ0v) is 12.7. The average Bonchev–Trinajstić information content (AvgIpc) is 2.95. The Kier molecular flexibility index (Phi) is 4.16. The van der Waals surface area contributed by atoms with Crippen LogP contribution in [0.2, 0.25) is 0 Å². The molecule has 2 heterocycles. The van der Waals surface area contributed by atoms with E-state index in [0.29, 0.717) is 23.8 Å². The van der Waals surface area contributed by atoms with Gasteiger partial charge in [-0.15, -0.1) is 0 Å². The summed E-state index contributed by atoms with van der Waals surface area (Å²) in [5.41, 5.74) is 0.426. The molecule has 2 aliphatic heterocycles. The normalized spacial score (nSPS) is 39.8. The van der Waals surface area contributed by atoms with E-state index >= 15 is 0 Å². The molecule has 3 heteroatoms. The van der Waals surface area contributed by atoms with Gasteiger partial charge in [0.05, 0.1) is 12.2 Å². The quantitative estimate of drug-likeness (QED) is 0.831. The lowest BCUT2D eigenvalue weighted by Gasteiger charge is -2.36. The van der Waals surface area contributed by atoms with Gasteiger partial charge in [0.15, 0.2) is 0 Å². The first-order valence-electron chi connectivity index (χ1n) is 8.31. The zero-order valence-electron chi connectivity index (χ0n) is 12.7. The number of hydrogen-bond acceptors (Lipinski definition) is 3. The summed E-state index contributed by atoms with van der Waals surface area (Å²) in [5, 5.41) is 3.87. The minimum Gasteiger partial charge on any atom is -0.374 e. The lowest BCUT2D eigenvalue weighted by molar-refractivity contribution is 0.0187. The van der Waals surface area contributed by atoms with Crippen LogP contribution in [0, 0.1) is 0 Å². The summed E-state index contributed by atoms with van der Waals surface area (Å²) in [6, 6.07) is 0.701. The Labute approximate surface area is 118 Å². The molecule has 0 amide bonds. The zero-order chi connectivity index (χ0) is 13.3. The molecule has 0 aromatic carbocycles. The van der Waals surface area contributed by atoms with E-state index in [1.807, 2.05) is 0 Å². The van der Waals surface area contributed by atoms with Crippen molar-refractivity contribution in [3.8, 4) is 0 Å². The summed E-state index contributed by atoms with van der Waals surface area (Å²) in [6.45, 7) is 8.19. The molecule has 3 nitrogen and oxygen atoms in total. The van der Waals surface area contributed by atoms with Crippen LogP contribution >= 0.6 is 0 Å². The van der Waals surface area contributed by atoms with Gasteiger partial charge in [0, 0.05) is 24.7 Å². The van der Waals surface area contributed by atoms with E-state index in [1.54, 1.807) is 0 Å². The van der Waals surface area contributed by atoms with Crippen LogP contribution in [0.3, 0.4) is 0 Å². The van der Waals surface area contributed by atoms with E-state index in [1.165, 1.54) is 58.0 Å². The van der Waals surface area contributed by atoms with Crippen LogP contribution in [-0.2, 0) is 4.74 Å². The summed E-state index contributed by atoms with van der Waals surface area (Å²) in [7, 11) is 0. The van der Waals surface area contributed by atoms with Gasteiger partial charge in [-0.2, -0.15) is 0 Å². The van der Waals surface area contributed by atoms with E-state index in [-0.39, 0.29) is 0 Å². The van der Waals surface area contributed by atoms with Crippen LogP contribution in [0.5, 0.6) is 0 Å². The van der Waals surface area contributed by atoms with Gasteiger partial charge >= 0.3 is 0 Å². The largest absolute Gasteiger partial charge is 0.374 e. The Balaban J connectivity index is 1.63. The van der Waals surface area contributed by atoms with E-state index in [4.69, 9.17) is 4.74 Å². The van der Waals surface area contributed by atoms with Crippen molar-refractivity contribution < 1.29 is 4.74 Å². The molecular weight excluding hydrogens is 236 g/mol. The average molecular weight is 266 g/mol. The highest BCUT2D eigenvalue weighted by Crippen LogP contribution is 2.33. The second kappa shape index (κ2) is 5.71. The maximum Gasteiger partial charge on any atom is 0.0706 e. The maximum absolute atomic E-state index is 6.04. The predicted molar refractivity (Wildman–Crippen MR) is 78.4 cm³/mol. The first-order chi connectivity index (χ1) is 9.17. The minimum atomic E-state index is 0.426. The smallest absolute Gasteiger partial charge is 0.0706 e. The van der Waals surface area contributed by atoms with Crippen molar-refractivity contribution in [2.45, 2.75) is 82.6 Å². The van der Waals surface area contributed by atoms with Crippen molar-refractivity contribution >= 4 is 0 Å². The van der Waals surface area contributed by atoms with Gasteiger partial charge in [-0.3, -0.25) is 4.90 Å². The summed E-state index contributed by atoms with van der Waals surface area (Å²) in [5.74, 6) is 0. The summed E-state index contributed by atoms with van der Waals surface area (Å²) in [4.78, 5) is 2.72. The number of ether oxygens (including phenoxy) is 1. The predicted octanol–water partition coefficient (Wildman–Crippen LogP) is 2.55. The molecule has 2 saturated heterocycles. The minimum absolute atomic E-state index is 0.426. The molecule has 0 bridgehead atoms. The first kappa shape index (κ1) is 13.8. The molecule has 0 radical (unpaired) electrons. The second-order valence-corrected chi connectivity index (χ2v) is 7.13. The Morgan fingerprint density at radius 1 is 1.16 bits per heavy atom. The SMILES string of the molecule is CC1CCC(CN2CC3(CCCC3)NCCC2C)O1. The van der Waals surface area contributed by atoms with Crippen molar-refractivity contribution in [3.63, 3.8) is 0 Å². The highest BCUT2D eigenvalue weighted by molar-refractivity contribution is 4.98. The van der Waals surface area contributed by atoms with Crippen LogP contribution in [0.25, 0.3) is 0 Å². The molecule has 3 fully saturated rings. The Morgan fingerprint density at radius 2 is 1.95 bits per heavy atom. The topological polar surface area (TPSA) is 24.5 Å². The summed E-state index contributed by atoms with van der Waals surface area (Å²) >= 11 is 0. The third kappa shape index (κ3) is 3.14.